The molecule has 0 aromatic heterocycles. The summed E-state index contributed by atoms with van der Waals surface area (Å²) in [6, 6.07) is 4.93. The summed E-state index contributed by atoms with van der Waals surface area (Å²) in [4.78, 5) is 13.5. The van der Waals surface area contributed by atoms with Crippen LogP contribution in [0.5, 0.6) is 0 Å². The van der Waals surface area contributed by atoms with E-state index in [0.717, 1.165) is 12.0 Å². The molecule has 1 aromatic rings. The largest absolute Gasteiger partial charge is 0.326 e. The maximum Gasteiger partial charge on any atom is 0.243 e. The van der Waals surface area contributed by atoms with E-state index in [4.69, 9.17) is 5.73 Å². The van der Waals surface area contributed by atoms with Gasteiger partial charge in [-0.15, -0.1) is 0 Å². The number of amides is 1. The molecule has 7 heteroatoms. The summed E-state index contributed by atoms with van der Waals surface area (Å²) in [5.74, 6) is 0.0861. The minimum atomic E-state index is -3.56. The molecule has 120 valence electrons. The van der Waals surface area contributed by atoms with Gasteiger partial charge in [0, 0.05) is 38.3 Å². The highest BCUT2D eigenvalue weighted by molar-refractivity contribution is 7.89. The second kappa shape index (κ2) is 5.33. The Kier molecular flexibility index (Phi) is 3.74. The number of hydrogen-bond acceptors (Lipinski definition) is 4. The third kappa shape index (κ3) is 2.43. The zero-order chi connectivity index (χ0) is 16.1. The van der Waals surface area contributed by atoms with Crippen LogP contribution in [-0.4, -0.2) is 44.3 Å². The van der Waals surface area contributed by atoms with Crippen molar-refractivity contribution in [3.63, 3.8) is 0 Å². The second-order valence-corrected chi connectivity index (χ2v) is 8.11. The zero-order valence-electron chi connectivity index (χ0n) is 12.8. The lowest BCUT2D eigenvalue weighted by molar-refractivity contribution is -0.116. The van der Waals surface area contributed by atoms with E-state index < -0.39 is 10.0 Å². The smallest absolute Gasteiger partial charge is 0.243 e. The van der Waals surface area contributed by atoms with Crippen molar-refractivity contribution in [3.8, 4) is 0 Å². The van der Waals surface area contributed by atoms with Gasteiger partial charge in [0.15, 0.2) is 0 Å². The first-order valence-corrected chi connectivity index (χ1v) is 8.91. The molecule has 3 rings (SSSR count). The number of carbonyl (C=O) groups excluding carboxylic acids is 1. The molecule has 1 aromatic carbocycles. The van der Waals surface area contributed by atoms with Crippen LogP contribution in [0.15, 0.2) is 23.1 Å². The van der Waals surface area contributed by atoms with Crippen molar-refractivity contribution >= 4 is 21.6 Å². The Bertz CT molecular complexity index is 707. The number of carbonyl (C=O) groups is 1. The number of nitrogens with zero attached hydrogens (tertiary/aromatic N) is 2. The molecule has 1 saturated heterocycles. The summed E-state index contributed by atoms with van der Waals surface area (Å²) in [6.45, 7) is 4.85. The molecular formula is C15H21N3O3S. The molecule has 0 radical (unpaired) electrons. The molecule has 2 unspecified atom stereocenters. The number of rotatable bonds is 2. The molecular weight excluding hydrogens is 302 g/mol. The first kappa shape index (κ1) is 15.5. The van der Waals surface area contributed by atoms with E-state index in [1.165, 1.54) is 11.2 Å². The van der Waals surface area contributed by atoms with E-state index in [9.17, 15) is 13.2 Å². The summed E-state index contributed by atoms with van der Waals surface area (Å²) in [7, 11) is -3.56. The molecule has 1 amide bonds. The van der Waals surface area contributed by atoms with Crippen LogP contribution in [0.4, 0.5) is 5.69 Å². The van der Waals surface area contributed by atoms with Gasteiger partial charge in [0.1, 0.15) is 0 Å². The summed E-state index contributed by atoms with van der Waals surface area (Å²) in [5.41, 5.74) is 7.66. The molecule has 0 saturated carbocycles. The predicted molar refractivity (Wildman–Crippen MR) is 84.1 cm³/mol. The molecule has 1 fully saturated rings. The van der Waals surface area contributed by atoms with Gasteiger partial charge in [-0.05, 0) is 30.0 Å². The maximum atomic E-state index is 12.8. The number of sulfonamides is 1. The molecule has 22 heavy (non-hydrogen) atoms. The molecule has 0 aliphatic carbocycles. The highest BCUT2D eigenvalue weighted by Crippen LogP contribution is 2.32. The van der Waals surface area contributed by atoms with Gasteiger partial charge in [-0.3, -0.25) is 4.79 Å². The van der Waals surface area contributed by atoms with E-state index in [-0.39, 0.29) is 22.8 Å². The molecule has 2 aliphatic rings. The summed E-state index contributed by atoms with van der Waals surface area (Å²) in [6.07, 6.45) is 0.765. The lowest BCUT2D eigenvalue weighted by atomic mass is 10.1. The average Bonchev–Trinajstić information content (AvgIpc) is 3.02. The molecule has 0 bridgehead atoms. The summed E-state index contributed by atoms with van der Waals surface area (Å²) in [5, 5.41) is 0. The lowest BCUT2D eigenvalue weighted by Crippen LogP contribution is -2.32. The standard InChI is InChI=1S/C15H21N3O3S/c1-10-8-17(9-14(10)16)22(20,21)13-4-3-12-5-6-18(11(2)19)15(12)7-13/h3-4,7,10,14H,5-6,8-9,16H2,1-2H3. The number of anilines is 1. The molecule has 0 spiro atoms. The van der Waals surface area contributed by atoms with Crippen molar-refractivity contribution in [2.24, 2.45) is 11.7 Å². The van der Waals surface area contributed by atoms with Gasteiger partial charge >= 0.3 is 0 Å². The Hall–Kier alpha value is -1.44. The van der Waals surface area contributed by atoms with Crippen molar-refractivity contribution in [1.29, 1.82) is 0 Å². The Morgan fingerprint density at radius 2 is 2.05 bits per heavy atom. The highest BCUT2D eigenvalue weighted by Gasteiger charge is 2.36. The zero-order valence-corrected chi connectivity index (χ0v) is 13.6. The normalized spacial score (nSPS) is 25.5. The maximum absolute atomic E-state index is 12.8. The molecule has 6 nitrogen and oxygen atoms in total. The van der Waals surface area contributed by atoms with Gasteiger partial charge in [0.25, 0.3) is 0 Å². The Morgan fingerprint density at radius 1 is 1.32 bits per heavy atom. The molecule has 2 aliphatic heterocycles. The van der Waals surface area contributed by atoms with E-state index in [1.54, 1.807) is 17.0 Å². The molecule has 2 atom stereocenters. The number of hydrogen-bond donors (Lipinski definition) is 1. The number of nitrogens with two attached hydrogens (primary N) is 1. The van der Waals surface area contributed by atoms with E-state index >= 15 is 0 Å². The molecule has 2 N–H and O–H groups in total. The minimum absolute atomic E-state index is 0.0647. The van der Waals surface area contributed by atoms with Gasteiger partial charge < -0.3 is 10.6 Å². The Labute approximate surface area is 130 Å². The second-order valence-electron chi connectivity index (χ2n) is 6.17. The third-order valence-electron chi connectivity index (χ3n) is 4.61. The van der Waals surface area contributed by atoms with Gasteiger partial charge in [-0.1, -0.05) is 13.0 Å². The van der Waals surface area contributed by atoms with Crippen molar-refractivity contribution < 1.29 is 13.2 Å². The summed E-state index contributed by atoms with van der Waals surface area (Å²) < 4.78 is 27.0. The van der Waals surface area contributed by atoms with Crippen molar-refractivity contribution in [3.05, 3.63) is 23.8 Å². The van der Waals surface area contributed by atoms with Crippen LogP contribution in [0.1, 0.15) is 19.4 Å². The van der Waals surface area contributed by atoms with Crippen LogP contribution in [0.2, 0.25) is 0 Å². The Balaban J connectivity index is 1.96. The van der Waals surface area contributed by atoms with Crippen molar-refractivity contribution in [1.82, 2.24) is 4.31 Å². The number of fused-ring (bicyclic) bond motifs is 1. The minimum Gasteiger partial charge on any atom is -0.326 e. The van der Waals surface area contributed by atoms with Crippen molar-refractivity contribution in [2.75, 3.05) is 24.5 Å². The highest BCUT2D eigenvalue weighted by atomic mass is 32.2. The third-order valence-corrected chi connectivity index (χ3v) is 6.43. The van der Waals surface area contributed by atoms with E-state index in [0.29, 0.717) is 25.3 Å². The SMILES string of the molecule is CC(=O)N1CCc2ccc(S(=O)(=O)N3CC(C)C(N)C3)cc21. The Morgan fingerprint density at radius 3 is 2.64 bits per heavy atom. The van der Waals surface area contributed by atoms with Crippen LogP contribution >= 0.6 is 0 Å². The van der Waals surface area contributed by atoms with E-state index in [2.05, 4.69) is 0 Å². The fourth-order valence-corrected chi connectivity index (χ4v) is 4.74. The lowest BCUT2D eigenvalue weighted by Gasteiger charge is -2.19. The number of benzene rings is 1. The fourth-order valence-electron chi connectivity index (χ4n) is 3.14. The van der Waals surface area contributed by atoms with Gasteiger partial charge in [0.2, 0.25) is 15.9 Å². The van der Waals surface area contributed by atoms with Crippen molar-refractivity contribution in [2.45, 2.75) is 31.2 Å². The quantitative estimate of drug-likeness (QED) is 0.862. The molecule has 2 heterocycles. The van der Waals surface area contributed by atoms with E-state index in [1.807, 2.05) is 13.0 Å². The predicted octanol–water partition coefficient (Wildman–Crippen LogP) is 0.563. The van der Waals surface area contributed by atoms with Crippen LogP contribution in [-0.2, 0) is 21.2 Å². The van der Waals surface area contributed by atoms with Crippen LogP contribution < -0.4 is 10.6 Å². The van der Waals surface area contributed by atoms with Gasteiger partial charge in [-0.25, -0.2) is 8.42 Å². The monoisotopic (exact) mass is 323 g/mol. The van der Waals surface area contributed by atoms with Gasteiger partial charge in [0.05, 0.1) is 4.90 Å². The topological polar surface area (TPSA) is 83.7 Å². The average molecular weight is 323 g/mol. The van der Waals surface area contributed by atoms with Gasteiger partial charge in [-0.2, -0.15) is 4.31 Å². The first-order chi connectivity index (χ1) is 10.3. The first-order valence-electron chi connectivity index (χ1n) is 7.47. The summed E-state index contributed by atoms with van der Waals surface area (Å²) >= 11 is 0. The fraction of sp³-hybridized carbons (Fsp3) is 0.533. The van der Waals surface area contributed by atoms with Crippen LogP contribution in [0.25, 0.3) is 0 Å². The van der Waals surface area contributed by atoms with Crippen LogP contribution in [0, 0.1) is 5.92 Å². The van der Waals surface area contributed by atoms with Crippen LogP contribution in [0.3, 0.4) is 0 Å².